The molecule has 0 radical (unpaired) electrons. The predicted octanol–water partition coefficient (Wildman–Crippen LogP) is 2.08. The molecule has 21 heavy (non-hydrogen) atoms. The Labute approximate surface area is 126 Å². The van der Waals surface area contributed by atoms with Crippen LogP contribution in [0.2, 0.25) is 5.15 Å². The Morgan fingerprint density at radius 2 is 2.05 bits per heavy atom. The van der Waals surface area contributed by atoms with Crippen LogP contribution in [0.15, 0.2) is 35.1 Å². The molecule has 0 unspecified atom stereocenters. The maximum absolute atomic E-state index is 12.4. The van der Waals surface area contributed by atoms with Crippen LogP contribution in [0.1, 0.15) is 6.92 Å². The van der Waals surface area contributed by atoms with E-state index in [2.05, 4.69) is 10.3 Å². The Morgan fingerprint density at radius 1 is 1.38 bits per heavy atom. The van der Waals surface area contributed by atoms with E-state index in [9.17, 15) is 9.59 Å². The van der Waals surface area contributed by atoms with E-state index in [1.54, 1.807) is 24.3 Å². The SMILES string of the molecule is CCNc1nc(Cl)c(-c2ccccc2)n(CC(=O)O)c1=O. The fraction of sp³-hybridized carbons (Fsp3) is 0.214. The monoisotopic (exact) mass is 307 g/mol. The molecule has 0 bridgehead atoms. The number of aromatic nitrogens is 2. The number of anilines is 1. The molecule has 0 amide bonds. The third-order valence-electron chi connectivity index (χ3n) is 2.81. The summed E-state index contributed by atoms with van der Waals surface area (Å²) in [6.07, 6.45) is 0. The molecule has 1 heterocycles. The minimum Gasteiger partial charge on any atom is -0.480 e. The minimum atomic E-state index is -1.13. The molecule has 0 spiro atoms. The van der Waals surface area contributed by atoms with E-state index in [4.69, 9.17) is 16.7 Å². The lowest BCUT2D eigenvalue weighted by Crippen LogP contribution is -2.29. The van der Waals surface area contributed by atoms with Crippen molar-refractivity contribution in [1.29, 1.82) is 0 Å². The van der Waals surface area contributed by atoms with Crippen LogP contribution in [0, 0.1) is 0 Å². The second-order valence-electron chi connectivity index (χ2n) is 4.28. The molecule has 0 fully saturated rings. The molecule has 1 aromatic carbocycles. The smallest absolute Gasteiger partial charge is 0.323 e. The molecule has 0 aliphatic carbocycles. The van der Waals surface area contributed by atoms with E-state index in [0.29, 0.717) is 17.8 Å². The van der Waals surface area contributed by atoms with Crippen molar-refractivity contribution in [3.63, 3.8) is 0 Å². The van der Waals surface area contributed by atoms with Crippen molar-refractivity contribution in [2.45, 2.75) is 13.5 Å². The van der Waals surface area contributed by atoms with E-state index in [1.807, 2.05) is 13.0 Å². The van der Waals surface area contributed by atoms with Crippen molar-refractivity contribution >= 4 is 23.4 Å². The van der Waals surface area contributed by atoms with Crippen LogP contribution in [0.4, 0.5) is 5.82 Å². The molecule has 110 valence electrons. The van der Waals surface area contributed by atoms with E-state index >= 15 is 0 Å². The third-order valence-corrected chi connectivity index (χ3v) is 3.07. The summed E-state index contributed by atoms with van der Waals surface area (Å²) in [5.41, 5.74) is 0.422. The predicted molar refractivity (Wildman–Crippen MR) is 80.7 cm³/mol. The summed E-state index contributed by atoms with van der Waals surface area (Å²) >= 11 is 6.16. The van der Waals surface area contributed by atoms with Gasteiger partial charge in [-0.3, -0.25) is 14.2 Å². The Kier molecular flexibility index (Phi) is 4.59. The average molecular weight is 308 g/mol. The van der Waals surface area contributed by atoms with Crippen molar-refractivity contribution in [2.24, 2.45) is 0 Å². The summed E-state index contributed by atoms with van der Waals surface area (Å²) in [6, 6.07) is 8.86. The highest BCUT2D eigenvalue weighted by Gasteiger charge is 2.18. The first-order valence-electron chi connectivity index (χ1n) is 6.36. The van der Waals surface area contributed by atoms with Crippen LogP contribution >= 0.6 is 11.6 Å². The zero-order valence-electron chi connectivity index (χ0n) is 11.3. The molecule has 6 nitrogen and oxygen atoms in total. The molecule has 1 aromatic heterocycles. The molecule has 2 N–H and O–H groups in total. The normalized spacial score (nSPS) is 10.4. The number of nitrogens with one attached hydrogen (secondary N) is 1. The van der Waals surface area contributed by atoms with Gasteiger partial charge in [0.25, 0.3) is 5.56 Å². The number of halogens is 1. The number of hydrogen-bond donors (Lipinski definition) is 2. The van der Waals surface area contributed by atoms with Gasteiger partial charge >= 0.3 is 5.97 Å². The fourth-order valence-corrected chi connectivity index (χ4v) is 2.27. The Morgan fingerprint density at radius 3 is 2.62 bits per heavy atom. The summed E-state index contributed by atoms with van der Waals surface area (Å²) in [6.45, 7) is 1.81. The molecule has 0 aliphatic heterocycles. The van der Waals surface area contributed by atoms with Gasteiger partial charge in [0, 0.05) is 12.1 Å². The van der Waals surface area contributed by atoms with Crippen LogP contribution in [-0.2, 0) is 11.3 Å². The first-order chi connectivity index (χ1) is 10.0. The lowest BCUT2D eigenvalue weighted by atomic mass is 10.1. The molecule has 0 aliphatic rings. The molecular weight excluding hydrogens is 294 g/mol. The van der Waals surface area contributed by atoms with Crippen molar-refractivity contribution in [2.75, 3.05) is 11.9 Å². The van der Waals surface area contributed by atoms with Gasteiger partial charge in [0.15, 0.2) is 11.0 Å². The van der Waals surface area contributed by atoms with E-state index in [0.717, 1.165) is 4.57 Å². The fourth-order valence-electron chi connectivity index (χ4n) is 1.98. The second kappa shape index (κ2) is 6.41. The van der Waals surface area contributed by atoms with Crippen molar-refractivity contribution in [3.8, 4) is 11.3 Å². The first kappa shape index (κ1) is 15.1. The van der Waals surface area contributed by atoms with Gasteiger partial charge in [-0.25, -0.2) is 4.98 Å². The number of benzene rings is 1. The standard InChI is InChI=1S/C14H14ClN3O3/c1-2-16-13-14(21)18(8-10(19)20)11(12(15)17-13)9-6-4-3-5-7-9/h3-7H,2,8H2,1H3,(H,16,17)(H,19,20). The Bertz CT molecular complexity index is 713. The zero-order valence-corrected chi connectivity index (χ0v) is 12.1. The molecule has 2 aromatic rings. The number of nitrogens with zero attached hydrogens (tertiary/aromatic N) is 2. The van der Waals surface area contributed by atoms with Crippen LogP contribution in [-0.4, -0.2) is 27.2 Å². The lowest BCUT2D eigenvalue weighted by Gasteiger charge is -2.14. The maximum Gasteiger partial charge on any atom is 0.323 e. The summed E-state index contributed by atoms with van der Waals surface area (Å²) in [7, 11) is 0. The van der Waals surface area contributed by atoms with Crippen molar-refractivity contribution in [3.05, 3.63) is 45.8 Å². The van der Waals surface area contributed by atoms with Gasteiger partial charge in [-0.05, 0) is 6.92 Å². The Balaban J connectivity index is 2.71. The van der Waals surface area contributed by atoms with Gasteiger partial charge in [-0.1, -0.05) is 41.9 Å². The van der Waals surface area contributed by atoms with Gasteiger partial charge in [0.2, 0.25) is 0 Å². The van der Waals surface area contributed by atoms with E-state index < -0.39 is 18.1 Å². The van der Waals surface area contributed by atoms with Crippen LogP contribution in [0.3, 0.4) is 0 Å². The molecular formula is C14H14ClN3O3. The van der Waals surface area contributed by atoms with Gasteiger partial charge in [0.05, 0.1) is 5.69 Å². The second-order valence-corrected chi connectivity index (χ2v) is 4.64. The van der Waals surface area contributed by atoms with Gasteiger partial charge in [-0.15, -0.1) is 0 Å². The number of carboxylic acid groups (broad SMARTS) is 1. The van der Waals surface area contributed by atoms with Gasteiger partial charge in [0.1, 0.15) is 6.54 Å². The molecule has 0 saturated carbocycles. The molecule has 7 heteroatoms. The summed E-state index contributed by atoms with van der Waals surface area (Å²) in [4.78, 5) is 27.4. The van der Waals surface area contributed by atoms with Crippen LogP contribution < -0.4 is 10.9 Å². The largest absolute Gasteiger partial charge is 0.480 e. The quantitative estimate of drug-likeness (QED) is 0.883. The first-order valence-corrected chi connectivity index (χ1v) is 6.73. The van der Waals surface area contributed by atoms with Gasteiger partial charge in [-0.2, -0.15) is 0 Å². The minimum absolute atomic E-state index is 0.0448. The van der Waals surface area contributed by atoms with E-state index in [-0.39, 0.29) is 11.0 Å². The number of hydrogen-bond acceptors (Lipinski definition) is 4. The molecule has 2 rings (SSSR count). The molecule has 0 saturated heterocycles. The number of carboxylic acids is 1. The number of carbonyl (C=O) groups is 1. The number of aliphatic carboxylic acids is 1. The topological polar surface area (TPSA) is 84.2 Å². The highest BCUT2D eigenvalue weighted by molar-refractivity contribution is 6.32. The zero-order chi connectivity index (χ0) is 15.4. The third kappa shape index (κ3) is 3.22. The lowest BCUT2D eigenvalue weighted by molar-refractivity contribution is -0.137. The summed E-state index contributed by atoms with van der Waals surface area (Å²) < 4.78 is 1.12. The van der Waals surface area contributed by atoms with Crippen molar-refractivity contribution < 1.29 is 9.90 Å². The van der Waals surface area contributed by atoms with Crippen LogP contribution in [0.5, 0.6) is 0 Å². The van der Waals surface area contributed by atoms with Crippen molar-refractivity contribution in [1.82, 2.24) is 9.55 Å². The van der Waals surface area contributed by atoms with E-state index in [1.165, 1.54) is 0 Å². The highest BCUT2D eigenvalue weighted by Crippen LogP contribution is 2.25. The number of rotatable bonds is 5. The molecule has 0 atom stereocenters. The highest BCUT2D eigenvalue weighted by atomic mass is 35.5. The summed E-state index contributed by atoms with van der Waals surface area (Å²) in [5, 5.41) is 11.9. The average Bonchev–Trinajstić information content (AvgIpc) is 2.45. The van der Waals surface area contributed by atoms with Crippen LogP contribution in [0.25, 0.3) is 11.3 Å². The van der Waals surface area contributed by atoms with Gasteiger partial charge < -0.3 is 10.4 Å². The Hall–Kier alpha value is -2.34. The maximum atomic E-state index is 12.4. The summed E-state index contributed by atoms with van der Waals surface area (Å²) in [5.74, 6) is -1.08.